The molecule has 4 nitrogen and oxygen atoms in total. The third-order valence-corrected chi connectivity index (χ3v) is 1.86. The largest absolute Gasteiger partial charge is 0.508 e. The fourth-order valence-electron chi connectivity index (χ4n) is 1.17. The number of nitrogens with one attached hydrogen (secondary N) is 1. The van der Waals surface area contributed by atoms with Crippen LogP contribution in [0.15, 0.2) is 30.8 Å². The fraction of sp³-hybridized carbons (Fsp3) is 0.308. The first-order chi connectivity index (χ1) is 7.78. The topological polar surface area (TPSA) is 58.6 Å². The minimum Gasteiger partial charge on any atom is -0.508 e. The van der Waals surface area contributed by atoms with Crippen molar-refractivity contribution in [3.63, 3.8) is 0 Å². The zero-order chi connectivity index (χ0) is 13.1. The molecule has 4 heteroatoms. The second-order valence-corrected chi connectivity index (χ2v) is 4.65. The summed E-state index contributed by atoms with van der Waals surface area (Å²) in [5.74, 6) is -0.00572. The van der Waals surface area contributed by atoms with E-state index in [4.69, 9.17) is 9.84 Å². The van der Waals surface area contributed by atoms with Gasteiger partial charge in [-0.15, -0.1) is 0 Å². The molecule has 0 spiro atoms. The molecule has 0 fully saturated rings. The quantitative estimate of drug-likeness (QED) is 0.770. The maximum atomic E-state index is 11.4. The van der Waals surface area contributed by atoms with E-state index in [0.29, 0.717) is 11.3 Å². The average Bonchev–Trinajstić information content (AvgIpc) is 2.15. The molecule has 0 aliphatic rings. The van der Waals surface area contributed by atoms with E-state index in [0.717, 1.165) is 0 Å². The molecule has 0 aromatic heterocycles. The molecule has 0 atom stereocenters. The summed E-state index contributed by atoms with van der Waals surface area (Å²) in [5.41, 5.74) is 0.688. The Morgan fingerprint density at radius 1 is 1.29 bits per heavy atom. The fourth-order valence-corrected chi connectivity index (χ4v) is 1.17. The maximum Gasteiger partial charge on any atom is 0.412 e. The first-order valence-electron chi connectivity index (χ1n) is 5.26. The monoisotopic (exact) mass is 235 g/mol. The van der Waals surface area contributed by atoms with Crippen LogP contribution in [0.3, 0.4) is 0 Å². The highest BCUT2D eigenvalue weighted by molar-refractivity contribution is 5.85. The smallest absolute Gasteiger partial charge is 0.412 e. The van der Waals surface area contributed by atoms with Gasteiger partial charge < -0.3 is 9.84 Å². The van der Waals surface area contributed by atoms with Crippen molar-refractivity contribution in [1.29, 1.82) is 0 Å². The molecule has 2 N–H and O–H groups in total. The number of benzene rings is 1. The molecule has 1 aromatic carbocycles. The Bertz CT molecular complexity index is 415. The number of hydrogen-bond donors (Lipinski definition) is 2. The molecular weight excluding hydrogens is 218 g/mol. The SMILES string of the molecule is C=C(O)c1ccc(NC(=O)OC(C)(C)C)cc1. The highest BCUT2D eigenvalue weighted by atomic mass is 16.6. The summed E-state index contributed by atoms with van der Waals surface area (Å²) in [7, 11) is 0. The standard InChI is InChI=1S/C13H17NO3/c1-9(15)10-5-7-11(8-6-10)14-12(16)17-13(2,3)4/h5-8,15H,1H2,2-4H3,(H,14,16). The summed E-state index contributed by atoms with van der Waals surface area (Å²) in [4.78, 5) is 11.4. The highest BCUT2D eigenvalue weighted by Gasteiger charge is 2.15. The number of carbonyl (C=O) groups is 1. The number of amides is 1. The number of aliphatic hydroxyl groups is 1. The molecule has 0 unspecified atom stereocenters. The molecule has 0 radical (unpaired) electrons. The van der Waals surface area contributed by atoms with E-state index in [-0.39, 0.29) is 5.76 Å². The van der Waals surface area contributed by atoms with Gasteiger partial charge >= 0.3 is 6.09 Å². The van der Waals surface area contributed by atoms with E-state index < -0.39 is 11.7 Å². The predicted molar refractivity (Wildman–Crippen MR) is 68.0 cm³/mol. The molecule has 17 heavy (non-hydrogen) atoms. The predicted octanol–water partition coefficient (Wildman–Crippen LogP) is 3.56. The lowest BCUT2D eigenvalue weighted by Crippen LogP contribution is -2.27. The molecule has 0 aliphatic carbocycles. The van der Waals surface area contributed by atoms with Gasteiger partial charge in [0.2, 0.25) is 0 Å². The van der Waals surface area contributed by atoms with Gasteiger partial charge in [0, 0.05) is 11.3 Å². The lowest BCUT2D eigenvalue weighted by atomic mass is 10.2. The molecule has 0 saturated heterocycles. The van der Waals surface area contributed by atoms with E-state index >= 15 is 0 Å². The lowest BCUT2D eigenvalue weighted by Gasteiger charge is -2.19. The van der Waals surface area contributed by atoms with Crippen molar-refractivity contribution < 1.29 is 14.6 Å². The number of aliphatic hydroxyl groups excluding tert-OH is 1. The van der Waals surface area contributed by atoms with Crippen LogP contribution in [0.2, 0.25) is 0 Å². The summed E-state index contributed by atoms with van der Waals surface area (Å²) < 4.78 is 5.10. The molecule has 0 bridgehead atoms. The Morgan fingerprint density at radius 3 is 2.24 bits per heavy atom. The molecule has 1 aromatic rings. The van der Waals surface area contributed by atoms with Crippen LogP contribution in [0.25, 0.3) is 5.76 Å². The minimum absolute atomic E-state index is 0.00572. The van der Waals surface area contributed by atoms with Crippen LogP contribution in [0, 0.1) is 0 Å². The van der Waals surface area contributed by atoms with E-state index in [1.165, 1.54) is 0 Å². The number of anilines is 1. The van der Waals surface area contributed by atoms with Crippen LogP contribution < -0.4 is 5.32 Å². The van der Waals surface area contributed by atoms with Gasteiger partial charge in [0.15, 0.2) is 0 Å². The summed E-state index contributed by atoms with van der Waals surface area (Å²) in [6, 6.07) is 6.66. The third kappa shape index (κ3) is 4.59. The Balaban J connectivity index is 2.64. The number of hydrogen-bond acceptors (Lipinski definition) is 3. The Labute approximate surface area is 101 Å². The molecule has 0 saturated carbocycles. The van der Waals surface area contributed by atoms with Gasteiger partial charge in [-0.1, -0.05) is 6.58 Å². The van der Waals surface area contributed by atoms with E-state index in [2.05, 4.69) is 11.9 Å². The molecule has 0 aliphatic heterocycles. The number of ether oxygens (including phenoxy) is 1. The Morgan fingerprint density at radius 2 is 1.82 bits per heavy atom. The molecule has 0 heterocycles. The lowest BCUT2D eigenvalue weighted by molar-refractivity contribution is 0.0636. The van der Waals surface area contributed by atoms with Gasteiger partial charge in [-0.05, 0) is 45.0 Å². The first-order valence-corrected chi connectivity index (χ1v) is 5.26. The van der Waals surface area contributed by atoms with Crippen molar-refractivity contribution in [2.75, 3.05) is 5.32 Å². The highest BCUT2D eigenvalue weighted by Crippen LogP contribution is 2.15. The van der Waals surface area contributed by atoms with Crippen LogP contribution in [0.1, 0.15) is 26.3 Å². The van der Waals surface area contributed by atoms with Crippen LogP contribution in [0.4, 0.5) is 10.5 Å². The maximum absolute atomic E-state index is 11.4. The molecular formula is C13H17NO3. The summed E-state index contributed by atoms with van der Waals surface area (Å²) in [6.07, 6.45) is -0.506. The van der Waals surface area contributed by atoms with Crippen molar-refractivity contribution in [2.45, 2.75) is 26.4 Å². The van der Waals surface area contributed by atoms with Crippen molar-refractivity contribution >= 4 is 17.5 Å². The van der Waals surface area contributed by atoms with E-state index in [9.17, 15) is 4.79 Å². The minimum atomic E-state index is -0.524. The van der Waals surface area contributed by atoms with Crippen LogP contribution in [0.5, 0.6) is 0 Å². The number of carbonyl (C=O) groups excluding carboxylic acids is 1. The third-order valence-electron chi connectivity index (χ3n) is 1.86. The van der Waals surface area contributed by atoms with Crippen LogP contribution in [-0.2, 0) is 4.74 Å². The summed E-state index contributed by atoms with van der Waals surface area (Å²) in [5, 5.41) is 11.7. The van der Waals surface area contributed by atoms with Gasteiger partial charge in [0.25, 0.3) is 0 Å². The van der Waals surface area contributed by atoms with Gasteiger partial charge in [-0.3, -0.25) is 5.32 Å². The number of rotatable bonds is 2. The van der Waals surface area contributed by atoms with Crippen molar-refractivity contribution in [3.05, 3.63) is 36.4 Å². The normalized spacial score (nSPS) is 10.8. The first kappa shape index (κ1) is 13.1. The average molecular weight is 235 g/mol. The second-order valence-electron chi connectivity index (χ2n) is 4.65. The summed E-state index contributed by atoms with van der Waals surface area (Å²) in [6.45, 7) is 8.80. The van der Waals surface area contributed by atoms with Crippen molar-refractivity contribution in [2.24, 2.45) is 0 Å². The molecule has 1 amide bonds. The van der Waals surface area contributed by atoms with E-state index in [1.54, 1.807) is 45.0 Å². The van der Waals surface area contributed by atoms with Crippen LogP contribution >= 0.6 is 0 Å². The van der Waals surface area contributed by atoms with Gasteiger partial charge in [-0.25, -0.2) is 4.79 Å². The van der Waals surface area contributed by atoms with Gasteiger partial charge in [0.1, 0.15) is 11.4 Å². The second kappa shape index (κ2) is 4.91. The molecule has 92 valence electrons. The van der Waals surface area contributed by atoms with Crippen molar-refractivity contribution in [3.8, 4) is 0 Å². The molecule has 1 rings (SSSR count). The van der Waals surface area contributed by atoms with E-state index in [1.807, 2.05) is 0 Å². The van der Waals surface area contributed by atoms with Gasteiger partial charge in [-0.2, -0.15) is 0 Å². The van der Waals surface area contributed by atoms with Crippen LogP contribution in [-0.4, -0.2) is 16.8 Å². The van der Waals surface area contributed by atoms with Gasteiger partial charge in [0.05, 0.1) is 0 Å². The van der Waals surface area contributed by atoms with Crippen molar-refractivity contribution in [1.82, 2.24) is 0 Å². The Kier molecular flexibility index (Phi) is 3.78. The zero-order valence-electron chi connectivity index (χ0n) is 10.3. The summed E-state index contributed by atoms with van der Waals surface area (Å²) >= 11 is 0. The Hall–Kier alpha value is -1.97. The zero-order valence-corrected chi connectivity index (χ0v) is 10.3.